The number of hydrazine groups is 1. The molecule has 2 aromatic rings. The van der Waals surface area contributed by atoms with Crippen LogP contribution >= 0.6 is 11.6 Å². The molecule has 100 valence electrons. The molecule has 19 heavy (non-hydrogen) atoms. The number of hydrogen-bond acceptors (Lipinski definition) is 4. The highest BCUT2D eigenvalue weighted by molar-refractivity contribution is 6.29. The summed E-state index contributed by atoms with van der Waals surface area (Å²) in [6, 6.07) is 7.23. The van der Waals surface area contributed by atoms with E-state index in [9.17, 15) is 4.39 Å². The number of nitrogens with one attached hydrogen (secondary N) is 1. The predicted octanol–water partition coefficient (Wildman–Crippen LogP) is 2.44. The molecule has 2 rings (SSSR count). The first-order valence-corrected chi connectivity index (χ1v) is 5.94. The number of benzene rings is 1. The molecule has 0 spiro atoms. The third-order valence-electron chi connectivity index (χ3n) is 2.75. The predicted molar refractivity (Wildman–Crippen MR) is 71.4 cm³/mol. The molecule has 0 radical (unpaired) electrons. The van der Waals surface area contributed by atoms with E-state index in [1.54, 1.807) is 24.4 Å². The summed E-state index contributed by atoms with van der Waals surface area (Å²) < 4.78 is 18.6. The Labute approximate surface area is 115 Å². The third-order valence-corrected chi connectivity index (χ3v) is 2.96. The summed E-state index contributed by atoms with van der Waals surface area (Å²) in [6.07, 6.45) is 1.56. The lowest BCUT2D eigenvalue weighted by molar-refractivity contribution is 0.402. The summed E-state index contributed by atoms with van der Waals surface area (Å²) in [5.41, 5.74) is 3.99. The monoisotopic (exact) mass is 281 g/mol. The molecule has 0 aliphatic carbocycles. The lowest BCUT2D eigenvalue weighted by atomic mass is 9.99. The van der Waals surface area contributed by atoms with Crippen molar-refractivity contribution in [2.75, 3.05) is 7.11 Å². The van der Waals surface area contributed by atoms with Crippen LogP contribution in [0.3, 0.4) is 0 Å². The van der Waals surface area contributed by atoms with Crippen LogP contribution in [-0.2, 0) is 0 Å². The Kier molecular flexibility index (Phi) is 4.31. The highest BCUT2D eigenvalue weighted by Gasteiger charge is 2.18. The highest BCUT2D eigenvalue weighted by atomic mass is 35.5. The normalized spacial score (nSPS) is 12.2. The van der Waals surface area contributed by atoms with Gasteiger partial charge in [-0.05, 0) is 35.9 Å². The molecule has 4 nitrogen and oxygen atoms in total. The van der Waals surface area contributed by atoms with Crippen molar-refractivity contribution in [1.82, 2.24) is 10.4 Å². The summed E-state index contributed by atoms with van der Waals surface area (Å²) in [6.45, 7) is 0. The molecule has 1 heterocycles. The zero-order valence-corrected chi connectivity index (χ0v) is 11.0. The van der Waals surface area contributed by atoms with Crippen LogP contribution in [0.1, 0.15) is 17.2 Å². The topological polar surface area (TPSA) is 60.2 Å². The maximum absolute atomic E-state index is 13.4. The molecular weight excluding hydrogens is 269 g/mol. The zero-order valence-electron chi connectivity index (χ0n) is 10.2. The van der Waals surface area contributed by atoms with Crippen molar-refractivity contribution in [1.29, 1.82) is 0 Å². The van der Waals surface area contributed by atoms with Crippen LogP contribution in [0.15, 0.2) is 36.5 Å². The molecule has 1 unspecified atom stereocenters. The fourth-order valence-corrected chi connectivity index (χ4v) is 2.08. The van der Waals surface area contributed by atoms with Crippen LogP contribution in [0.2, 0.25) is 5.15 Å². The quantitative estimate of drug-likeness (QED) is 0.513. The average Bonchev–Trinajstić information content (AvgIpc) is 2.40. The first kappa shape index (κ1) is 13.7. The summed E-state index contributed by atoms with van der Waals surface area (Å²) >= 11 is 5.85. The SMILES string of the molecule is COc1ccc(F)cc1C(NN)c1ccnc(Cl)c1. The van der Waals surface area contributed by atoms with E-state index in [4.69, 9.17) is 22.2 Å². The van der Waals surface area contributed by atoms with E-state index in [1.807, 2.05) is 0 Å². The van der Waals surface area contributed by atoms with Crippen LogP contribution in [-0.4, -0.2) is 12.1 Å². The maximum Gasteiger partial charge on any atom is 0.129 e. The van der Waals surface area contributed by atoms with Crippen molar-refractivity contribution in [2.45, 2.75) is 6.04 Å². The molecule has 0 fully saturated rings. The molecule has 0 aliphatic rings. The van der Waals surface area contributed by atoms with E-state index in [-0.39, 0.29) is 5.82 Å². The van der Waals surface area contributed by atoms with Crippen LogP contribution < -0.4 is 16.0 Å². The van der Waals surface area contributed by atoms with Gasteiger partial charge in [-0.3, -0.25) is 5.84 Å². The van der Waals surface area contributed by atoms with Gasteiger partial charge in [0.25, 0.3) is 0 Å². The van der Waals surface area contributed by atoms with Crippen molar-refractivity contribution in [2.24, 2.45) is 5.84 Å². The van der Waals surface area contributed by atoms with E-state index < -0.39 is 6.04 Å². The fourth-order valence-electron chi connectivity index (χ4n) is 1.89. The maximum atomic E-state index is 13.4. The molecule has 6 heteroatoms. The highest BCUT2D eigenvalue weighted by Crippen LogP contribution is 2.30. The minimum Gasteiger partial charge on any atom is -0.496 e. The molecule has 1 aromatic heterocycles. The molecule has 3 N–H and O–H groups in total. The van der Waals surface area contributed by atoms with E-state index in [2.05, 4.69) is 10.4 Å². The van der Waals surface area contributed by atoms with Gasteiger partial charge in [-0.25, -0.2) is 14.8 Å². The second-order valence-electron chi connectivity index (χ2n) is 3.90. The van der Waals surface area contributed by atoms with Crippen LogP contribution in [0.25, 0.3) is 0 Å². The Balaban J connectivity index is 2.50. The average molecular weight is 282 g/mol. The Morgan fingerprint density at radius 2 is 2.16 bits per heavy atom. The first-order valence-electron chi connectivity index (χ1n) is 5.56. The van der Waals surface area contributed by atoms with Gasteiger partial charge in [0.1, 0.15) is 16.7 Å². The molecule has 0 bridgehead atoms. The van der Waals surface area contributed by atoms with Crippen LogP contribution in [0, 0.1) is 5.82 Å². The van der Waals surface area contributed by atoms with Crippen molar-refractivity contribution >= 4 is 11.6 Å². The van der Waals surface area contributed by atoms with Crippen LogP contribution in [0.4, 0.5) is 4.39 Å². The van der Waals surface area contributed by atoms with Gasteiger partial charge in [0.05, 0.1) is 13.2 Å². The summed E-state index contributed by atoms with van der Waals surface area (Å²) in [5, 5.41) is 0.341. The number of methoxy groups -OCH3 is 1. The number of ether oxygens (including phenoxy) is 1. The van der Waals surface area contributed by atoms with Gasteiger partial charge in [0.2, 0.25) is 0 Å². The van der Waals surface area contributed by atoms with Gasteiger partial charge < -0.3 is 4.74 Å². The van der Waals surface area contributed by atoms with E-state index in [0.717, 1.165) is 5.56 Å². The molecule has 1 aromatic carbocycles. The van der Waals surface area contributed by atoms with Crippen molar-refractivity contribution in [3.05, 3.63) is 58.6 Å². The van der Waals surface area contributed by atoms with Gasteiger partial charge in [-0.2, -0.15) is 0 Å². The third kappa shape index (κ3) is 3.01. The number of nitrogens with two attached hydrogens (primary N) is 1. The number of rotatable bonds is 4. The van der Waals surface area contributed by atoms with Gasteiger partial charge in [0, 0.05) is 11.8 Å². The second kappa shape index (κ2) is 5.97. The number of pyridine rings is 1. The first-order chi connectivity index (χ1) is 9.15. The number of nitrogens with zero attached hydrogens (tertiary/aromatic N) is 1. The molecule has 0 saturated heterocycles. The summed E-state index contributed by atoms with van der Waals surface area (Å²) in [4.78, 5) is 3.90. The van der Waals surface area contributed by atoms with Crippen LogP contribution in [0.5, 0.6) is 5.75 Å². The lowest BCUT2D eigenvalue weighted by Gasteiger charge is -2.19. The summed E-state index contributed by atoms with van der Waals surface area (Å²) in [7, 11) is 1.52. The fraction of sp³-hybridized carbons (Fsp3) is 0.154. The van der Waals surface area contributed by atoms with Gasteiger partial charge in [0.15, 0.2) is 0 Å². The number of halogens is 2. The number of aromatic nitrogens is 1. The second-order valence-corrected chi connectivity index (χ2v) is 4.29. The van der Waals surface area contributed by atoms with Crippen molar-refractivity contribution in [3.63, 3.8) is 0 Å². The Morgan fingerprint density at radius 3 is 2.79 bits per heavy atom. The van der Waals surface area contributed by atoms with Gasteiger partial charge in [-0.15, -0.1) is 0 Å². The van der Waals surface area contributed by atoms with Crippen molar-refractivity contribution in [3.8, 4) is 5.75 Å². The van der Waals surface area contributed by atoms with Crippen molar-refractivity contribution < 1.29 is 9.13 Å². The Hall–Kier alpha value is -1.69. The standard InChI is InChI=1S/C13H13ClFN3O/c1-19-11-3-2-9(15)7-10(11)13(18-16)8-4-5-17-12(14)6-8/h2-7,13,18H,16H2,1H3. The number of hydrogen-bond donors (Lipinski definition) is 2. The minimum absolute atomic E-state index is 0.341. The van der Waals surface area contributed by atoms with E-state index in [0.29, 0.717) is 16.5 Å². The zero-order chi connectivity index (χ0) is 13.8. The van der Waals surface area contributed by atoms with E-state index in [1.165, 1.54) is 19.2 Å². The largest absolute Gasteiger partial charge is 0.496 e. The smallest absolute Gasteiger partial charge is 0.129 e. The Bertz CT molecular complexity index is 580. The Morgan fingerprint density at radius 1 is 1.37 bits per heavy atom. The van der Waals surface area contributed by atoms with E-state index >= 15 is 0 Å². The molecule has 0 aliphatic heterocycles. The summed E-state index contributed by atoms with van der Waals surface area (Å²) in [5.74, 6) is 5.74. The lowest BCUT2D eigenvalue weighted by Crippen LogP contribution is -2.29. The molecular formula is C13H13ClFN3O. The molecule has 0 amide bonds. The van der Waals surface area contributed by atoms with Gasteiger partial charge >= 0.3 is 0 Å². The molecule has 1 atom stereocenters. The van der Waals surface area contributed by atoms with Gasteiger partial charge in [-0.1, -0.05) is 11.6 Å². The minimum atomic E-state index is -0.439. The molecule has 0 saturated carbocycles.